The number of rotatable bonds is 6. The molecule has 0 aromatic carbocycles. The van der Waals surface area contributed by atoms with Crippen molar-refractivity contribution in [1.29, 1.82) is 0 Å². The first kappa shape index (κ1) is 13.7. The number of sulfonamides is 1. The third-order valence-corrected chi connectivity index (χ3v) is 3.24. The molecule has 0 saturated carbocycles. The lowest BCUT2D eigenvalue weighted by atomic mass is 10.4. The first-order chi connectivity index (χ1) is 7.92. The average molecular weight is 262 g/mol. The Kier molecular flexibility index (Phi) is 4.27. The smallest absolute Gasteiger partial charge is 0.352 e. The third kappa shape index (κ3) is 3.05. The largest absolute Gasteiger partial charge is 0.477 e. The molecule has 2 N–H and O–H groups in total. The lowest BCUT2D eigenvalue weighted by Gasteiger charge is -2.02. The molecule has 0 saturated heterocycles. The number of carboxylic acid groups (broad SMARTS) is 1. The molecular formula is C9H14N2O5S. The molecule has 0 bridgehead atoms. The zero-order valence-corrected chi connectivity index (χ0v) is 10.3. The number of nitrogens with zero attached hydrogens (tertiary/aromatic N) is 1. The van der Waals surface area contributed by atoms with Crippen molar-refractivity contribution in [2.24, 2.45) is 0 Å². The third-order valence-electron chi connectivity index (χ3n) is 2.05. The minimum atomic E-state index is -3.82. The van der Waals surface area contributed by atoms with Gasteiger partial charge in [-0.25, -0.2) is 13.2 Å². The number of hydrogen-bond acceptors (Lipinski definition) is 4. The second-order valence-electron chi connectivity index (χ2n) is 3.17. The molecule has 1 rings (SSSR count). The van der Waals surface area contributed by atoms with E-state index < -0.39 is 16.0 Å². The summed E-state index contributed by atoms with van der Waals surface area (Å²) in [6, 6.07) is 1.09. The van der Waals surface area contributed by atoms with Gasteiger partial charge in [-0.05, 0) is 19.9 Å². The molecule has 1 aromatic rings. The predicted octanol–water partition coefficient (Wildman–Crippen LogP) is 0.436. The number of aromatic nitrogens is 1. The first-order valence-corrected chi connectivity index (χ1v) is 6.47. The highest BCUT2D eigenvalue weighted by atomic mass is 32.2. The van der Waals surface area contributed by atoms with Gasteiger partial charge in [-0.3, -0.25) is 4.84 Å². The van der Waals surface area contributed by atoms with Crippen LogP contribution in [0.25, 0.3) is 0 Å². The number of nitrogens with one attached hydrogen (secondary N) is 1. The molecule has 0 radical (unpaired) electrons. The van der Waals surface area contributed by atoms with Gasteiger partial charge < -0.3 is 9.67 Å². The first-order valence-electron chi connectivity index (χ1n) is 4.99. The van der Waals surface area contributed by atoms with Gasteiger partial charge in [0.1, 0.15) is 10.6 Å². The van der Waals surface area contributed by atoms with Gasteiger partial charge in [-0.2, -0.15) is 0 Å². The highest BCUT2D eigenvalue weighted by molar-refractivity contribution is 7.89. The lowest BCUT2D eigenvalue weighted by molar-refractivity contribution is 0.0685. The molecular weight excluding hydrogens is 248 g/mol. The van der Waals surface area contributed by atoms with E-state index in [4.69, 9.17) is 5.11 Å². The van der Waals surface area contributed by atoms with Crippen molar-refractivity contribution < 1.29 is 23.2 Å². The summed E-state index contributed by atoms with van der Waals surface area (Å²) in [6.45, 7) is 3.90. The van der Waals surface area contributed by atoms with Crippen LogP contribution in [0.5, 0.6) is 0 Å². The number of carbonyl (C=O) groups is 1. The van der Waals surface area contributed by atoms with E-state index in [0.29, 0.717) is 6.54 Å². The Labute approximate surface area is 99.0 Å². The monoisotopic (exact) mass is 262 g/mol. The zero-order valence-electron chi connectivity index (χ0n) is 9.50. The molecule has 0 amide bonds. The molecule has 0 fully saturated rings. The number of aromatic carboxylic acids is 1. The maximum atomic E-state index is 11.7. The van der Waals surface area contributed by atoms with Crippen LogP contribution in [-0.2, 0) is 21.4 Å². The van der Waals surface area contributed by atoms with Crippen LogP contribution in [-0.4, -0.2) is 30.7 Å². The van der Waals surface area contributed by atoms with Gasteiger partial charge in [0.05, 0.1) is 6.61 Å². The second kappa shape index (κ2) is 5.30. The van der Waals surface area contributed by atoms with Gasteiger partial charge in [0.15, 0.2) is 0 Å². The predicted molar refractivity (Wildman–Crippen MR) is 59.0 cm³/mol. The Morgan fingerprint density at radius 1 is 1.53 bits per heavy atom. The molecule has 0 spiro atoms. The zero-order chi connectivity index (χ0) is 13.1. The highest BCUT2D eigenvalue weighted by Gasteiger charge is 2.20. The number of aryl methyl sites for hydroxylation is 1. The second-order valence-corrected chi connectivity index (χ2v) is 4.82. The summed E-state index contributed by atoms with van der Waals surface area (Å²) in [4.78, 5) is 17.2. The number of carboxylic acids is 1. The SMILES string of the molecule is CCONS(=O)(=O)c1cc(C(=O)O)n(CC)c1. The topological polar surface area (TPSA) is 97.6 Å². The van der Waals surface area contributed by atoms with Gasteiger partial charge in [-0.1, -0.05) is 4.89 Å². The molecule has 0 unspecified atom stereocenters. The fraction of sp³-hybridized carbons (Fsp3) is 0.444. The van der Waals surface area contributed by atoms with Crippen molar-refractivity contribution in [2.45, 2.75) is 25.3 Å². The van der Waals surface area contributed by atoms with E-state index in [9.17, 15) is 13.2 Å². The summed E-state index contributed by atoms with van der Waals surface area (Å²) in [7, 11) is -3.82. The fourth-order valence-corrected chi connectivity index (χ4v) is 2.16. The maximum Gasteiger partial charge on any atom is 0.352 e. The van der Waals surface area contributed by atoms with E-state index in [1.165, 1.54) is 10.8 Å². The van der Waals surface area contributed by atoms with Crippen molar-refractivity contribution in [3.63, 3.8) is 0 Å². The van der Waals surface area contributed by atoms with Gasteiger partial charge >= 0.3 is 5.97 Å². The summed E-state index contributed by atoms with van der Waals surface area (Å²) in [5.41, 5.74) is -0.0793. The number of hydrogen-bond donors (Lipinski definition) is 2. The molecule has 0 aliphatic rings. The Morgan fingerprint density at radius 2 is 2.18 bits per heavy atom. The summed E-state index contributed by atoms with van der Waals surface area (Å²) < 4.78 is 24.6. The molecule has 0 aliphatic carbocycles. The van der Waals surface area contributed by atoms with E-state index >= 15 is 0 Å². The van der Waals surface area contributed by atoms with Crippen LogP contribution in [0.3, 0.4) is 0 Å². The van der Waals surface area contributed by atoms with Gasteiger partial charge in [0.25, 0.3) is 10.0 Å². The summed E-state index contributed by atoms with van der Waals surface area (Å²) >= 11 is 0. The Morgan fingerprint density at radius 3 is 2.59 bits per heavy atom. The van der Waals surface area contributed by atoms with Gasteiger partial charge in [0, 0.05) is 12.7 Å². The van der Waals surface area contributed by atoms with Crippen LogP contribution in [0, 0.1) is 0 Å². The van der Waals surface area contributed by atoms with Crippen LogP contribution >= 0.6 is 0 Å². The quantitative estimate of drug-likeness (QED) is 0.725. The van der Waals surface area contributed by atoms with Crippen molar-refractivity contribution in [1.82, 2.24) is 9.45 Å². The molecule has 1 heterocycles. The van der Waals surface area contributed by atoms with Crippen molar-refractivity contribution in [3.05, 3.63) is 18.0 Å². The molecule has 1 aromatic heterocycles. The van der Waals surface area contributed by atoms with E-state index in [1.54, 1.807) is 13.8 Å². The van der Waals surface area contributed by atoms with E-state index in [0.717, 1.165) is 6.07 Å². The van der Waals surface area contributed by atoms with Crippen LogP contribution in [0.1, 0.15) is 24.3 Å². The minimum absolute atomic E-state index is 0.0793. The molecule has 7 nitrogen and oxygen atoms in total. The Balaban J connectivity index is 3.11. The molecule has 8 heteroatoms. The van der Waals surface area contributed by atoms with E-state index in [1.807, 2.05) is 4.89 Å². The van der Waals surface area contributed by atoms with Gasteiger partial charge in [0.2, 0.25) is 0 Å². The lowest BCUT2D eigenvalue weighted by Crippen LogP contribution is -2.23. The Bertz CT molecular complexity index is 505. The minimum Gasteiger partial charge on any atom is -0.477 e. The maximum absolute atomic E-state index is 11.7. The van der Waals surface area contributed by atoms with Crippen molar-refractivity contribution in [2.75, 3.05) is 6.61 Å². The Hall–Kier alpha value is -1.38. The molecule has 96 valence electrons. The fourth-order valence-electron chi connectivity index (χ4n) is 1.26. The van der Waals surface area contributed by atoms with Crippen molar-refractivity contribution >= 4 is 16.0 Å². The summed E-state index contributed by atoms with van der Waals surface area (Å²) in [5.74, 6) is -1.18. The van der Waals surface area contributed by atoms with Gasteiger partial charge in [-0.15, -0.1) is 0 Å². The van der Waals surface area contributed by atoms with Crippen LogP contribution in [0.15, 0.2) is 17.2 Å². The van der Waals surface area contributed by atoms with E-state index in [2.05, 4.69) is 4.84 Å². The highest BCUT2D eigenvalue weighted by Crippen LogP contribution is 2.14. The van der Waals surface area contributed by atoms with Crippen molar-refractivity contribution in [3.8, 4) is 0 Å². The summed E-state index contributed by atoms with van der Waals surface area (Å²) in [6.07, 6.45) is 1.25. The summed E-state index contributed by atoms with van der Waals surface area (Å²) in [5, 5.41) is 8.88. The van der Waals surface area contributed by atoms with Crippen LogP contribution in [0.4, 0.5) is 0 Å². The normalized spacial score (nSPS) is 11.6. The molecule has 17 heavy (non-hydrogen) atoms. The molecule has 0 aliphatic heterocycles. The standard InChI is InChI=1S/C9H14N2O5S/c1-3-11-6-7(5-8(11)9(12)13)17(14,15)10-16-4-2/h5-6,10H,3-4H2,1-2H3,(H,12,13). The average Bonchev–Trinajstić information content (AvgIpc) is 2.71. The molecule has 0 atom stereocenters. The van der Waals surface area contributed by atoms with Crippen LogP contribution in [0.2, 0.25) is 0 Å². The van der Waals surface area contributed by atoms with Crippen LogP contribution < -0.4 is 4.89 Å². The van der Waals surface area contributed by atoms with E-state index in [-0.39, 0.29) is 17.2 Å².